The molecule has 168 valence electrons. The average Bonchev–Trinajstić information content (AvgIpc) is 3.09. The second kappa shape index (κ2) is 5.96. The van der Waals surface area contributed by atoms with Crippen LogP contribution < -0.4 is 0 Å². The molecule has 1 aromatic rings. The van der Waals surface area contributed by atoms with Gasteiger partial charge in [-0.15, -0.1) is 0 Å². The number of carbonyl (C=O) groups excluding carboxylic acids is 3. The number of esters is 1. The van der Waals surface area contributed by atoms with Crippen LogP contribution in [0.3, 0.4) is 0 Å². The summed E-state index contributed by atoms with van der Waals surface area (Å²) in [5.74, 6) is -3.36. The van der Waals surface area contributed by atoms with Crippen LogP contribution in [0.15, 0.2) is 11.1 Å². The van der Waals surface area contributed by atoms with Gasteiger partial charge in [-0.3, -0.25) is 14.4 Å². The van der Waals surface area contributed by atoms with E-state index in [0.717, 1.165) is 0 Å². The number of rotatable bonds is 0. The molecule has 4 aliphatic heterocycles. The molecule has 0 saturated carbocycles. The summed E-state index contributed by atoms with van der Waals surface area (Å²) in [6.45, 7) is 3.07. The third kappa shape index (κ3) is 2.06. The second-order valence-electron chi connectivity index (χ2n) is 9.00. The summed E-state index contributed by atoms with van der Waals surface area (Å²) in [4.78, 5) is 39.0. The van der Waals surface area contributed by atoms with Gasteiger partial charge in [0, 0.05) is 28.7 Å². The number of phenols is 2. The van der Waals surface area contributed by atoms with Gasteiger partial charge in [-0.05, 0) is 13.8 Å². The molecule has 10 nitrogen and oxygen atoms in total. The molecular formula is C22H20O10. The molecule has 10 heteroatoms. The highest BCUT2D eigenvalue weighted by atomic mass is 16.6. The first-order valence-electron chi connectivity index (χ1n) is 10.4. The first kappa shape index (κ1) is 19.9. The minimum atomic E-state index is -2.14. The molecule has 0 amide bonds. The van der Waals surface area contributed by atoms with Crippen molar-refractivity contribution in [3.8, 4) is 11.5 Å². The number of ether oxygens (including phenoxy) is 3. The van der Waals surface area contributed by atoms with Crippen molar-refractivity contribution in [2.75, 3.05) is 0 Å². The Kier molecular flexibility index (Phi) is 3.70. The molecule has 2 aliphatic carbocycles. The van der Waals surface area contributed by atoms with E-state index in [9.17, 15) is 34.8 Å². The lowest BCUT2D eigenvalue weighted by Crippen LogP contribution is -2.66. The maximum atomic E-state index is 13.6. The van der Waals surface area contributed by atoms with Crippen molar-refractivity contribution >= 4 is 17.5 Å². The summed E-state index contributed by atoms with van der Waals surface area (Å²) >= 11 is 0. The van der Waals surface area contributed by atoms with E-state index in [2.05, 4.69) is 0 Å². The highest BCUT2D eigenvalue weighted by molar-refractivity contribution is 6.30. The minimum Gasteiger partial charge on any atom is -0.507 e. The Morgan fingerprint density at radius 2 is 1.62 bits per heavy atom. The lowest BCUT2D eigenvalue weighted by atomic mass is 9.63. The molecule has 0 aromatic heterocycles. The highest BCUT2D eigenvalue weighted by Gasteiger charge is 2.62. The van der Waals surface area contributed by atoms with Crippen LogP contribution in [0.25, 0.3) is 0 Å². The zero-order valence-electron chi connectivity index (χ0n) is 17.1. The smallest absolute Gasteiger partial charge is 0.309 e. The third-order valence-electron chi connectivity index (χ3n) is 7.41. The molecular weight excluding hydrogens is 424 g/mol. The fourth-order valence-electron chi connectivity index (χ4n) is 5.95. The van der Waals surface area contributed by atoms with Crippen LogP contribution in [0.5, 0.6) is 11.5 Å². The molecule has 2 saturated heterocycles. The van der Waals surface area contributed by atoms with Gasteiger partial charge in [-0.1, -0.05) is 0 Å². The van der Waals surface area contributed by atoms with Crippen molar-refractivity contribution in [3.05, 3.63) is 33.4 Å². The maximum Gasteiger partial charge on any atom is 0.309 e. The van der Waals surface area contributed by atoms with Crippen molar-refractivity contribution in [2.45, 2.75) is 68.9 Å². The maximum absolute atomic E-state index is 13.6. The van der Waals surface area contributed by atoms with Gasteiger partial charge >= 0.3 is 5.97 Å². The number of hydrogen-bond donors (Lipinski definition) is 4. The number of aromatic hydroxyl groups is 2. The summed E-state index contributed by atoms with van der Waals surface area (Å²) < 4.78 is 16.7. The second-order valence-corrected chi connectivity index (χ2v) is 9.00. The van der Waals surface area contributed by atoms with Crippen molar-refractivity contribution in [1.82, 2.24) is 0 Å². The molecule has 2 fully saturated rings. The lowest BCUT2D eigenvalue weighted by molar-refractivity contribution is -0.207. The summed E-state index contributed by atoms with van der Waals surface area (Å²) in [5.41, 5.74) is -3.41. The number of Topliss-reactive ketones (excluding diaryl/α,β-unsaturated/α-hetero) is 2. The quantitative estimate of drug-likeness (QED) is 0.328. The number of carbonyl (C=O) groups is 3. The molecule has 0 unspecified atom stereocenters. The van der Waals surface area contributed by atoms with E-state index in [0.29, 0.717) is 0 Å². The molecule has 7 rings (SSSR count). The fourth-order valence-corrected chi connectivity index (χ4v) is 5.95. The van der Waals surface area contributed by atoms with E-state index in [-0.39, 0.29) is 35.1 Å². The number of hydrogen-bond acceptors (Lipinski definition) is 10. The summed E-state index contributed by atoms with van der Waals surface area (Å²) in [6, 6.07) is 0. The highest BCUT2D eigenvalue weighted by Crippen LogP contribution is 2.57. The molecule has 1 aromatic carbocycles. The number of phenolic OH excluding ortho intramolecular Hbond substituents is 2. The van der Waals surface area contributed by atoms with Gasteiger partial charge in [-0.2, -0.15) is 0 Å². The largest absolute Gasteiger partial charge is 0.507 e. The van der Waals surface area contributed by atoms with Crippen molar-refractivity contribution in [1.29, 1.82) is 0 Å². The molecule has 6 aliphatic rings. The van der Waals surface area contributed by atoms with Crippen LogP contribution in [-0.2, 0) is 19.0 Å². The van der Waals surface area contributed by atoms with Crippen LogP contribution in [0.4, 0.5) is 0 Å². The van der Waals surface area contributed by atoms with E-state index in [4.69, 9.17) is 14.2 Å². The Morgan fingerprint density at radius 3 is 2.31 bits per heavy atom. The van der Waals surface area contributed by atoms with Gasteiger partial charge in [0.05, 0.1) is 42.0 Å². The van der Waals surface area contributed by atoms with Crippen LogP contribution in [0.2, 0.25) is 0 Å². The molecule has 32 heavy (non-hydrogen) atoms. The van der Waals surface area contributed by atoms with E-state index in [1.165, 1.54) is 6.92 Å². The number of fused-ring (bicyclic) bond motifs is 6. The van der Waals surface area contributed by atoms with Gasteiger partial charge in [0.2, 0.25) is 0 Å². The summed E-state index contributed by atoms with van der Waals surface area (Å²) in [6.07, 6.45) is -5.97. The van der Waals surface area contributed by atoms with E-state index in [1.807, 2.05) is 0 Å². The fraction of sp³-hybridized carbons (Fsp3) is 0.500. The molecule has 0 radical (unpaired) electrons. The normalized spacial score (nSPS) is 39.4. The molecule has 4 heterocycles. The summed E-state index contributed by atoms with van der Waals surface area (Å²) in [5, 5.41) is 44.0. The molecule has 2 bridgehead atoms. The number of aliphatic hydroxyl groups excluding tert-OH is 1. The zero-order valence-corrected chi connectivity index (χ0v) is 17.1. The predicted molar refractivity (Wildman–Crippen MR) is 102 cm³/mol. The monoisotopic (exact) mass is 444 g/mol. The topological polar surface area (TPSA) is 160 Å². The summed E-state index contributed by atoms with van der Waals surface area (Å²) in [7, 11) is 0. The van der Waals surface area contributed by atoms with Gasteiger partial charge in [0.25, 0.3) is 0 Å². The van der Waals surface area contributed by atoms with Crippen molar-refractivity contribution in [3.63, 3.8) is 0 Å². The van der Waals surface area contributed by atoms with Gasteiger partial charge in [0.1, 0.15) is 23.2 Å². The first-order valence-corrected chi connectivity index (χ1v) is 10.4. The van der Waals surface area contributed by atoms with Crippen LogP contribution >= 0.6 is 0 Å². The lowest BCUT2D eigenvalue weighted by Gasteiger charge is -2.52. The van der Waals surface area contributed by atoms with Crippen LogP contribution in [0.1, 0.15) is 70.7 Å². The molecule has 4 N–H and O–H groups in total. The van der Waals surface area contributed by atoms with Crippen LogP contribution in [0, 0.1) is 0 Å². The number of ketones is 2. The standard InChI is InChI=1S/C22H20O10/c1-5-11-15(21-8(30-5)4-10(24)32-21)19(27)13-14(17(11)25)20(28)16-12(18(13)26)7-3-9(23)22(16,29)6(2)31-7/h5-9,21,23,25,27,29H,3-4H2,1-2H3/t5-,6-,7+,8+,9+,21-,22-/m1/s1. The Bertz CT molecular complexity index is 1170. The molecule has 7 atom stereocenters. The van der Waals surface area contributed by atoms with Gasteiger partial charge in [-0.25, -0.2) is 0 Å². The average molecular weight is 444 g/mol. The van der Waals surface area contributed by atoms with E-state index in [1.54, 1.807) is 6.92 Å². The van der Waals surface area contributed by atoms with Crippen molar-refractivity contribution < 1.29 is 49.0 Å². The SMILES string of the molecule is C[C@H]1O[C@H]2CC(=O)O[C@H]2c2c(O)c3c(c(O)c21)C(=O)C1=C(C3=O)[C@@H]2C[C@H](O)[C@]1(O)[C@@H](C)O2. The Morgan fingerprint density at radius 1 is 0.969 bits per heavy atom. The minimum absolute atomic E-state index is 0.0371. The van der Waals surface area contributed by atoms with E-state index < -0.39 is 82.4 Å². The van der Waals surface area contributed by atoms with Gasteiger partial charge in [0.15, 0.2) is 17.7 Å². The Balaban J connectivity index is 1.64. The van der Waals surface area contributed by atoms with Gasteiger partial charge < -0.3 is 34.6 Å². The molecule has 0 spiro atoms. The van der Waals surface area contributed by atoms with Crippen LogP contribution in [-0.4, -0.2) is 68.0 Å². The Labute approximate surface area is 181 Å². The number of aliphatic hydroxyl groups is 2. The predicted octanol–water partition coefficient (Wildman–Crippen LogP) is 0.504. The first-order chi connectivity index (χ1) is 15.1. The zero-order chi connectivity index (χ0) is 22.9. The van der Waals surface area contributed by atoms with E-state index >= 15 is 0 Å². The van der Waals surface area contributed by atoms with Crippen molar-refractivity contribution in [2.24, 2.45) is 0 Å². The number of benzene rings is 1. The third-order valence-corrected chi connectivity index (χ3v) is 7.41. The Hall–Kier alpha value is -2.79.